The Balaban J connectivity index is 1.44. The van der Waals surface area contributed by atoms with E-state index in [2.05, 4.69) is 6.58 Å². The van der Waals surface area contributed by atoms with Crippen molar-refractivity contribution in [2.24, 2.45) is 29.6 Å². The number of carbonyl (C=O) groups is 1. The van der Waals surface area contributed by atoms with E-state index in [1.807, 2.05) is 0 Å². The molecule has 0 amide bonds. The quantitative estimate of drug-likeness (QED) is 0.331. The molecule has 3 nitrogen and oxygen atoms in total. The molecule has 0 aromatic heterocycles. The molecular weight excluding hydrogens is 240 g/mol. The smallest absolute Gasteiger partial charge is 0.335 e. The van der Waals surface area contributed by atoms with Crippen LogP contribution in [-0.4, -0.2) is 19.4 Å². The minimum absolute atomic E-state index is 0.0779. The third-order valence-electron chi connectivity index (χ3n) is 5.35. The van der Waals surface area contributed by atoms with Gasteiger partial charge in [0.05, 0.1) is 6.61 Å². The molecule has 0 aliphatic heterocycles. The minimum atomic E-state index is -0.356. The maximum Gasteiger partial charge on any atom is 0.335 e. The molecule has 3 heteroatoms. The highest BCUT2D eigenvalue weighted by molar-refractivity contribution is 5.86. The highest BCUT2D eigenvalue weighted by Crippen LogP contribution is 2.56. The van der Waals surface area contributed by atoms with Crippen LogP contribution in [0.2, 0.25) is 0 Å². The Morgan fingerprint density at radius 3 is 2.21 bits per heavy atom. The SMILES string of the molecule is C=C(C)C(=O)OCOCC1C2CC3CC(C2)CC1C3. The van der Waals surface area contributed by atoms with Crippen LogP contribution in [0.4, 0.5) is 0 Å². The van der Waals surface area contributed by atoms with Crippen molar-refractivity contribution in [3.8, 4) is 0 Å². The van der Waals surface area contributed by atoms with E-state index < -0.39 is 0 Å². The van der Waals surface area contributed by atoms with Crippen molar-refractivity contribution in [1.82, 2.24) is 0 Å². The predicted molar refractivity (Wildman–Crippen MR) is 72.3 cm³/mol. The average molecular weight is 264 g/mol. The van der Waals surface area contributed by atoms with Crippen LogP contribution < -0.4 is 0 Å². The second kappa shape index (κ2) is 5.28. The van der Waals surface area contributed by atoms with Gasteiger partial charge in [-0.1, -0.05) is 6.58 Å². The van der Waals surface area contributed by atoms with Crippen LogP contribution in [0.3, 0.4) is 0 Å². The molecular formula is C16H24O3. The first kappa shape index (κ1) is 13.2. The van der Waals surface area contributed by atoms with E-state index in [9.17, 15) is 4.79 Å². The van der Waals surface area contributed by atoms with Crippen molar-refractivity contribution in [2.75, 3.05) is 13.4 Å². The zero-order chi connectivity index (χ0) is 13.4. The van der Waals surface area contributed by atoms with Gasteiger partial charge in [-0.25, -0.2) is 4.79 Å². The standard InChI is InChI=1S/C16H24O3/c1-10(2)16(17)19-9-18-8-15-13-4-11-3-12(6-13)7-14(15)5-11/h11-15H,1,3-9H2,2H3. The molecule has 0 unspecified atom stereocenters. The summed E-state index contributed by atoms with van der Waals surface area (Å²) in [6.07, 6.45) is 7.12. The number of hydrogen-bond acceptors (Lipinski definition) is 3. The van der Waals surface area contributed by atoms with E-state index in [1.54, 1.807) is 6.92 Å². The second-order valence-corrected chi connectivity index (χ2v) is 6.80. The molecule has 0 aromatic rings. The highest BCUT2D eigenvalue weighted by Gasteiger charge is 2.47. The molecule has 0 N–H and O–H groups in total. The first-order chi connectivity index (χ1) is 9.13. The van der Waals surface area contributed by atoms with E-state index in [-0.39, 0.29) is 12.8 Å². The summed E-state index contributed by atoms with van der Waals surface area (Å²) in [5.41, 5.74) is 0.429. The van der Waals surface area contributed by atoms with Crippen LogP contribution >= 0.6 is 0 Å². The molecule has 0 aromatic carbocycles. The van der Waals surface area contributed by atoms with Gasteiger partial charge in [-0.3, -0.25) is 0 Å². The molecule has 4 fully saturated rings. The van der Waals surface area contributed by atoms with Gasteiger partial charge in [-0.05, 0) is 68.6 Å². The van der Waals surface area contributed by atoms with Crippen LogP contribution in [-0.2, 0) is 14.3 Å². The lowest BCUT2D eigenvalue weighted by atomic mass is 9.52. The Morgan fingerprint density at radius 2 is 1.68 bits per heavy atom. The maximum absolute atomic E-state index is 11.2. The lowest BCUT2D eigenvalue weighted by Crippen LogP contribution is -2.46. The van der Waals surface area contributed by atoms with Crippen molar-refractivity contribution in [3.63, 3.8) is 0 Å². The summed E-state index contributed by atoms with van der Waals surface area (Å²) in [5.74, 6) is 4.09. The Hall–Kier alpha value is -0.830. The summed E-state index contributed by atoms with van der Waals surface area (Å²) >= 11 is 0. The van der Waals surface area contributed by atoms with Gasteiger partial charge in [0.25, 0.3) is 0 Å². The van der Waals surface area contributed by atoms with Gasteiger partial charge in [0.15, 0.2) is 6.79 Å². The monoisotopic (exact) mass is 264 g/mol. The van der Waals surface area contributed by atoms with Gasteiger partial charge < -0.3 is 9.47 Å². The largest absolute Gasteiger partial charge is 0.435 e. The number of hydrogen-bond donors (Lipinski definition) is 0. The third-order valence-corrected chi connectivity index (χ3v) is 5.35. The molecule has 0 radical (unpaired) electrons. The van der Waals surface area contributed by atoms with Crippen molar-refractivity contribution < 1.29 is 14.3 Å². The van der Waals surface area contributed by atoms with Gasteiger partial charge >= 0.3 is 5.97 Å². The predicted octanol–water partition coefficient (Wildman–Crippen LogP) is 3.15. The Kier molecular flexibility index (Phi) is 3.66. The molecule has 0 saturated heterocycles. The van der Waals surface area contributed by atoms with Crippen LogP contribution in [0.5, 0.6) is 0 Å². The topological polar surface area (TPSA) is 35.5 Å². The second-order valence-electron chi connectivity index (χ2n) is 6.80. The van der Waals surface area contributed by atoms with Crippen LogP contribution in [0.15, 0.2) is 12.2 Å². The Morgan fingerprint density at radius 1 is 1.11 bits per heavy atom. The summed E-state index contributed by atoms with van der Waals surface area (Å²) in [6, 6.07) is 0. The third kappa shape index (κ3) is 2.71. The van der Waals surface area contributed by atoms with E-state index in [1.165, 1.54) is 32.1 Å². The number of rotatable bonds is 5. The fourth-order valence-corrected chi connectivity index (χ4v) is 4.71. The van der Waals surface area contributed by atoms with E-state index in [0.717, 1.165) is 30.3 Å². The van der Waals surface area contributed by atoms with Crippen molar-refractivity contribution >= 4 is 5.97 Å². The van der Waals surface area contributed by atoms with Gasteiger partial charge in [-0.2, -0.15) is 0 Å². The molecule has 4 aliphatic carbocycles. The molecule has 4 aliphatic rings. The fourth-order valence-electron chi connectivity index (χ4n) is 4.71. The van der Waals surface area contributed by atoms with Crippen molar-refractivity contribution in [3.05, 3.63) is 12.2 Å². The first-order valence-electron chi connectivity index (χ1n) is 7.54. The molecule has 0 spiro atoms. The zero-order valence-electron chi connectivity index (χ0n) is 11.8. The van der Waals surface area contributed by atoms with Gasteiger partial charge in [0.1, 0.15) is 0 Å². The highest BCUT2D eigenvalue weighted by atomic mass is 16.7. The summed E-state index contributed by atoms with van der Waals surface area (Å²) in [4.78, 5) is 11.2. The minimum Gasteiger partial charge on any atom is -0.435 e. The van der Waals surface area contributed by atoms with Gasteiger partial charge in [0.2, 0.25) is 0 Å². The Bertz CT molecular complexity index is 346. The van der Waals surface area contributed by atoms with E-state index >= 15 is 0 Å². The number of carbonyl (C=O) groups excluding carboxylic acids is 1. The molecule has 106 valence electrons. The lowest BCUT2D eigenvalue weighted by Gasteiger charge is -2.54. The van der Waals surface area contributed by atoms with Crippen molar-refractivity contribution in [1.29, 1.82) is 0 Å². The van der Waals surface area contributed by atoms with Crippen molar-refractivity contribution in [2.45, 2.75) is 39.0 Å². The van der Waals surface area contributed by atoms with Crippen LogP contribution in [0.1, 0.15) is 39.0 Å². The number of ether oxygens (including phenoxy) is 2. The summed E-state index contributed by atoms with van der Waals surface area (Å²) in [6.45, 7) is 6.05. The van der Waals surface area contributed by atoms with Crippen LogP contribution in [0, 0.1) is 29.6 Å². The first-order valence-corrected chi connectivity index (χ1v) is 7.54. The fraction of sp³-hybridized carbons (Fsp3) is 0.812. The van der Waals surface area contributed by atoms with Gasteiger partial charge in [-0.15, -0.1) is 0 Å². The van der Waals surface area contributed by atoms with E-state index in [0.29, 0.717) is 11.5 Å². The van der Waals surface area contributed by atoms with Crippen LogP contribution in [0.25, 0.3) is 0 Å². The molecule has 4 rings (SSSR count). The lowest BCUT2D eigenvalue weighted by molar-refractivity contribution is -0.156. The normalized spacial score (nSPS) is 39.3. The summed E-state index contributed by atoms with van der Waals surface area (Å²) in [5, 5.41) is 0. The zero-order valence-corrected chi connectivity index (χ0v) is 11.8. The number of esters is 1. The molecule has 19 heavy (non-hydrogen) atoms. The average Bonchev–Trinajstić information content (AvgIpc) is 2.35. The Labute approximate surface area is 115 Å². The molecule has 4 saturated carbocycles. The maximum atomic E-state index is 11.2. The summed E-state index contributed by atoms with van der Waals surface area (Å²) < 4.78 is 10.6. The molecule has 4 bridgehead atoms. The molecule has 0 heterocycles. The van der Waals surface area contributed by atoms with Gasteiger partial charge in [0, 0.05) is 5.57 Å². The summed E-state index contributed by atoms with van der Waals surface area (Å²) in [7, 11) is 0. The molecule has 0 atom stereocenters. The van der Waals surface area contributed by atoms with E-state index in [4.69, 9.17) is 9.47 Å².